The summed E-state index contributed by atoms with van der Waals surface area (Å²) in [6.07, 6.45) is 1.53. The van der Waals surface area contributed by atoms with Crippen LogP contribution in [0.15, 0.2) is 24.3 Å². The van der Waals surface area contributed by atoms with Crippen molar-refractivity contribution in [2.45, 2.75) is 70.6 Å². The predicted octanol–water partition coefficient (Wildman–Crippen LogP) is 10.4. The fourth-order valence-electron chi connectivity index (χ4n) is 8.18. The first-order valence-corrected chi connectivity index (χ1v) is 15.1. The summed E-state index contributed by atoms with van der Waals surface area (Å²) in [5, 5.41) is 0. The Morgan fingerprint density at radius 1 is 0.532 bits per heavy atom. The van der Waals surface area contributed by atoms with E-state index in [9.17, 15) is 4.39 Å². The molecule has 3 aliphatic rings. The lowest BCUT2D eigenvalue weighted by Gasteiger charge is -2.31. The van der Waals surface area contributed by atoms with Crippen LogP contribution in [-0.2, 0) is 16.2 Å². The van der Waals surface area contributed by atoms with Crippen molar-refractivity contribution in [2.24, 2.45) is 0 Å². The van der Waals surface area contributed by atoms with E-state index in [1.807, 2.05) is 0 Å². The molecule has 47 heavy (non-hydrogen) atoms. The lowest BCUT2D eigenvalue weighted by Crippen LogP contribution is -2.27. The Morgan fingerprint density at radius 2 is 0.936 bits per heavy atom. The van der Waals surface area contributed by atoms with E-state index < -0.39 is 74.4 Å². The summed E-state index contributed by atoms with van der Waals surface area (Å²) >= 11 is 0. The van der Waals surface area contributed by atoms with Crippen LogP contribution in [0.3, 0.4) is 0 Å². The Labute approximate surface area is 268 Å². The van der Waals surface area contributed by atoms with Crippen molar-refractivity contribution in [3.63, 3.8) is 0 Å². The van der Waals surface area contributed by atoms with Gasteiger partial charge in [0.2, 0.25) is 34.6 Å². The summed E-state index contributed by atoms with van der Waals surface area (Å²) in [5.74, 6) is -14.7. The fourth-order valence-corrected chi connectivity index (χ4v) is 8.18. The molecule has 1 aliphatic heterocycles. The highest BCUT2D eigenvalue weighted by Gasteiger charge is 2.57. The molecule has 0 aromatic heterocycles. The third kappa shape index (κ3) is 4.02. The van der Waals surface area contributed by atoms with Gasteiger partial charge in [0.1, 0.15) is 0 Å². The Kier molecular flexibility index (Phi) is 6.55. The first-order chi connectivity index (χ1) is 22.0. The third-order valence-electron chi connectivity index (χ3n) is 10.3. The summed E-state index contributed by atoms with van der Waals surface area (Å²) in [6, 6.07) is 7.91. The highest BCUT2D eigenvalue weighted by molar-refractivity contribution is 5.75. The molecule has 1 atom stereocenters. The quantitative estimate of drug-likeness (QED) is 0.143. The van der Waals surface area contributed by atoms with Gasteiger partial charge in [-0.05, 0) is 83.0 Å². The molecule has 0 saturated carbocycles. The van der Waals surface area contributed by atoms with Crippen LogP contribution in [-0.4, -0.2) is 14.2 Å². The van der Waals surface area contributed by atoms with Crippen LogP contribution in [0.2, 0.25) is 0 Å². The van der Waals surface area contributed by atoms with Gasteiger partial charge in [0.05, 0.1) is 25.3 Å². The highest BCUT2D eigenvalue weighted by Crippen LogP contribution is 2.65. The molecule has 1 heterocycles. The van der Waals surface area contributed by atoms with Crippen LogP contribution in [0.5, 0.6) is 34.5 Å². The summed E-state index contributed by atoms with van der Waals surface area (Å²) in [4.78, 5) is 0. The second kappa shape index (κ2) is 9.84. The Hall–Kier alpha value is -4.34. The van der Waals surface area contributed by atoms with Crippen LogP contribution < -0.4 is 18.9 Å². The van der Waals surface area contributed by atoms with Gasteiger partial charge in [-0.25, -0.2) is 17.6 Å². The number of benzene rings is 4. The van der Waals surface area contributed by atoms with E-state index in [-0.39, 0.29) is 22.3 Å². The van der Waals surface area contributed by atoms with Crippen molar-refractivity contribution in [1.29, 1.82) is 0 Å². The molecule has 1 spiro atoms. The number of fused-ring (bicyclic) bond motifs is 6. The maximum atomic E-state index is 16.2. The van der Waals surface area contributed by atoms with E-state index in [1.165, 1.54) is 16.7 Å². The third-order valence-corrected chi connectivity index (χ3v) is 10.3. The molecule has 1 unspecified atom stereocenters. The van der Waals surface area contributed by atoms with Gasteiger partial charge < -0.3 is 18.9 Å². The van der Waals surface area contributed by atoms with Crippen molar-refractivity contribution in [3.05, 3.63) is 92.5 Å². The molecule has 4 aromatic carbocycles. The minimum atomic E-state index is -2.01. The molecule has 4 aromatic rings. The number of hydrogen-bond acceptors (Lipinski definition) is 4. The summed E-state index contributed by atoms with van der Waals surface area (Å²) in [5.41, 5.74) is 2.60. The van der Waals surface area contributed by atoms with Crippen molar-refractivity contribution in [3.8, 4) is 45.6 Å². The molecule has 0 N–H and O–H groups in total. The van der Waals surface area contributed by atoms with E-state index >= 15 is 22.0 Å². The zero-order valence-electron chi connectivity index (χ0n) is 27.1. The van der Waals surface area contributed by atoms with Crippen molar-refractivity contribution >= 4 is 0 Å². The van der Waals surface area contributed by atoms with Crippen LogP contribution in [0, 0.1) is 48.8 Å². The largest absolute Gasteiger partial charge is 0.490 e. The van der Waals surface area contributed by atoms with Gasteiger partial charge in [-0.3, -0.25) is 0 Å². The number of rotatable bonds is 3. The summed E-state index contributed by atoms with van der Waals surface area (Å²) < 4.78 is 114. The molecule has 0 amide bonds. The van der Waals surface area contributed by atoms with Crippen molar-refractivity contribution < 1.29 is 45.3 Å². The van der Waals surface area contributed by atoms with Crippen molar-refractivity contribution in [1.82, 2.24) is 0 Å². The van der Waals surface area contributed by atoms with Gasteiger partial charge in [0, 0.05) is 5.41 Å². The molecule has 2 aliphatic carbocycles. The first kappa shape index (κ1) is 31.3. The Bertz CT molecular complexity index is 2070. The van der Waals surface area contributed by atoms with Gasteiger partial charge >= 0.3 is 0 Å². The molecular weight excluding hydrogens is 622 g/mol. The minimum absolute atomic E-state index is 0.0127. The minimum Gasteiger partial charge on any atom is -0.490 e. The predicted molar refractivity (Wildman–Crippen MR) is 163 cm³/mol. The van der Waals surface area contributed by atoms with Gasteiger partial charge in [0.15, 0.2) is 34.8 Å². The molecule has 10 heteroatoms. The first-order valence-electron chi connectivity index (χ1n) is 15.1. The Balaban J connectivity index is 1.43. The molecule has 4 nitrogen and oxygen atoms in total. The van der Waals surface area contributed by atoms with Crippen LogP contribution >= 0.6 is 0 Å². The maximum Gasteiger partial charge on any atom is 0.211 e. The number of methoxy groups -OCH3 is 2. The normalized spacial score (nSPS) is 19.4. The SMILES string of the molecule is COc1c(F)c(F)c(-c2c(F)c(F)c3c(c2F)Oc2cc4c(cc2O3)C(C)(C)CC42CC(C)(C)c3cc(C)c(C)cc32)c(F)c1OC. The van der Waals surface area contributed by atoms with Gasteiger partial charge in [-0.15, -0.1) is 0 Å². The fraction of sp³-hybridized carbons (Fsp3) is 0.351. The zero-order valence-corrected chi connectivity index (χ0v) is 27.1. The zero-order chi connectivity index (χ0) is 34.1. The van der Waals surface area contributed by atoms with E-state index in [1.54, 1.807) is 12.1 Å². The van der Waals surface area contributed by atoms with Gasteiger partial charge in [-0.2, -0.15) is 8.78 Å². The standard InChI is InChI=1S/C37H32F6O4/c1-15-9-17-19(10-16(15)2)37(13-35(17,3)4)14-36(5,6)18-11-21-22(12-20(18)37)46-33-28(41)24(26(39)30(43)34(33)47-21)23-25(38)29(42)32(45-8)31(44-7)27(23)40/h9-12H,13-14H2,1-8H3. The summed E-state index contributed by atoms with van der Waals surface area (Å²) in [7, 11) is 1.85. The summed E-state index contributed by atoms with van der Waals surface area (Å²) in [6.45, 7) is 12.8. The average Bonchev–Trinajstić information content (AvgIpc) is 3.36. The van der Waals surface area contributed by atoms with E-state index in [4.69, 9.17) is 14.2 Å². The lowest BCUT2D eigenvalue weighted by molar-refractivity contribution is 0.311. The van der Waals surface area contributed by atoms with Crippen LogP contribution in [0.4, 0.5) is 26.3 Å². The number of hydrogen-bond donors (Lipinski definition) is 0. The molecule has 0 bridgehead atoms. The van der Waals surface area contributed by atoms with Gasteiger partial charge in [-0.1, -0.05) is 39.8 Å². The van der Waals surface area contributed by atoms with E-state index in [0.29, 0.717) is 0 Å². The smallest absolute Gasteiger partial charge is 0.211 e. The van der Waals surface area contributed by atoms with Crippen molar-refractivity contribution in [2.75, 3.05) is 14.2 Å². The second-order valence-electron chi connectivity index (χ2n) is 14.1. The number of ether oxygens (including phenoxy) is 4. The van der Waals surface area contributed by atoms with E-state index in [0.717, 1.165) is 43.8 Å². The molecular formula is C37H32F6O4. The molecule has 0 radical (unpaired) electrons. The maximum absolute atomic E-state index is 16.2. The van der Waals surface area contributed by atoms with Crippen LogP contribution in [0.25, 0.3) is 11.1 Å². The number of aryl methyl sites for hydroxylation is 2. The Morgan fingerprint density at radius 3 is 1.49 bits per heavy atom. The lowest BCUT2D eigenvalue weighted by atomic mass is 9.72. The second-order valence-corrected chi connectivity index (χ2v) is 14.1. The highest BCUT2D eigenvalue weighted by atomic mass is 19.2. The average molecular weight is 655 g/mol. The molecule has 0 fully saturated rings. The monoisotopic (exact) mass is 654 g/mol. The topological polar surface area (TPSA) is 36.9 Å². The van der Waals surface area contributed by atoms with Gasteiger partial charge in [0.25, 0.3) is 0 Å². The van der Waals surface area contributed by atoms with E-state index in [2.05, 4.69) is 58.4 Å². The molecule has 7 rings (SSSR count). The molecule has 246 valence electrons. The van der Waals surface area contributed by atoms with Crippen LogP contribution in [0.1, 0.15) is 73.9 Å². The molecule has 0 saturated heterocycles. The number of halogens is 6.